The fraction of sp³-hybridized carbons (Fsp3) is 0.500. The van der Waals surface area contributed by atoms with Gasteiger partial charge in [0.25, 0.3) is 0 Å². The lowest BCUT2D eigenvalue weighted by atomic mass is 10.0. The Kier molecular flexibility index (Phi) is 7.08. The molecule has 2 rings (SSSR count). The Balaban J connectivity index is 2.14. The van der Waals surface area contributed by atoms with Gasteiger partial charge in [-0.15, -0.1) is 0 Å². The molecule has 1 fully saturated rings. The number of morpholine rings is 1. The minimum absolute atomic E-state index is 0.0409. The van der Waals surface area contributed by atoms with Crippen LogP contribution in [0.5, 0.6) is 0 Å². The van der Waals surface area contributed by atoms with Gasteiger partial charge in [-0.25, -0.2) is 4.79 Å². The number of carbonyl (C=O) groups excluding carboxylic acids is 2. The van der Waals surface area contributed by atoms with Gasteiger partial charge in [0.15, 0.2) is 0 Å². The highest BCUT2D eigenvalue weighted by Gasteiger charge is 2.21. The number of hydrogen-bond donors (Lipinski definition) is 0. The molecular weight excluding hydrogens is 346 g/mol. The molecule has 0 saturated carbocycles. The third-order valence-electron chi connectivity index (χ3n) is 3.85. The van der Waals surface area contributed by atoms with E-state index >= 15 is 0 Å². The van der Waals surface area contributed by atoms with E-state index in [9.17, 15) is 9.59 Å². The van der Waals surface area contributed by atoms with Crippen molar-refractivity contribution in [1.82, 2.24) is 4.90 Å². The van der Waals surface area contributed by atoms with Crippen LogP contribution in [0.2, 0.25) is 0 Å². The fourth-order valence-corrected chi connectivity index (χ4v) is 2.59. The molecule has 7 nitrogen and oxygen atoms in total. The van der Waals surface area contributed by atoms with Crippen LogP contribution in [0, 0.1) is 11.3 Å². The van der Waals surface area contributed by atoms with Crippen LogP contribution in [0.3, 0.4) is 0 Å². The summed E-state index contributed by atoms with van der Waals surface area (Å²) in [6.45, 7) is 7.39. The Hall–Kier alpha value is -2.72. The molecule has 0 atom stereocenters. The van der Waals surface area contributed by atoms with Crippen molar-refractivity contribution in [3.63, 3.8) is 0 Å². The smallest absolute Gasteiger partial charge is 0.434 e. The van der Waals surface area contributed by atoms with Crippen molar-refractivity contribution in [3.8, 4) is 6.07 Å². The summed E-state index contributed by atoms with van der Waals surface area (Å²) in [5.74, 6) is -0.0887. The normalized spacial score (nSPS) is 15.2. The second kappa shape index (κ2) is 9.28. The largest absolute Gasteiger partial charge is 0.442 e. The number of ether oxygens (including phenoxy) is 2. The molecule has 0 spiro atoms. The van der Waals surface area contributed by atoms with E-state index in [0.717, 1.165) is 5.56 Å². The SMILES string of the molecule is CC(C)(C)OC(=O)N=C(CC(=O)N1CCOCC1)Cc1ccc(C#N)cc1. The standard InChI is InChI=1S/C20H25N3O4/c1-20(2,3)27-19(25)22-17(12-15-4-6-16(14-21)7-5-15)13-18(24)23-8-10-26-11-9-23/h4-7H,8-13H2,1-3H3. The summed E-state index contributed by atoms with van der Waals surface area (Å²) in [5, 5.41) is 8.91. The molecule has 0 bridgehead atoms. The monoisotopic (exact) mass is 371 g/mol. The van der Waals surface area contributed by atoms with E-state index in [1.807, 2.05) is 0 Å². The maximum atomic E-state index is 12.6. The van der Waals surface area contributed by atoms with Crippen molar-refractivity contribution >= 4 is 17.7 Å². The Morgan fingerprint density at radius 1 is 1.22 bits per heavy atom. The topological polar surface area (TPSA) is 92.0 Å². The van der Waals surface area contributed by atoms with E-state index in [4.69, 9.17) is 14.7 Å². The minimum atomic E-state index is -0.707. The van der Waals surface area contributed by atoms with Crippen molar-refractivity contribution in [2.45, 2.75) is 39.2 Å². The molecular formula is C20H25N3O4. The molecule has 1 saturated heterocycles. The number of benzene rings is 1. The van der Waals surface area contributed by atoms with Gasteiger partial charge >= 0.3 is 6.09 Å². The summed E-state index contributed by atoms with van der Waals surface area (Å²) in [4.78, 5) is 30.4. The van der Waals surface area contributed by atoms with E-state index in [1.165, 1.54) is 0 Å². The molecule has 2 amide bonds. The molecule has 0 unspecified atom stereocenters. The number of nitriles is 1. The molecule has 7 heteroatoms. The highest BCUT2D eigenvalue weighted by molar-refractivity contribution is 6.05. The van der Waals surface area contributed by atoms with Gasteiger partial charge in [-0.3, -0.25) is 4.79 Å². The zero-order valence-electron chi connectivity index (χ0n) is 16.0. The number of nitrogens with zero attached hydrogens (tertiary/aromatic N) is 3. The van der Waals surface area contributed by atoms with Crippen molar-refractivity contribution in [3.05, 3.63) is 35.4 Å². The van der Waals surface area contributed by atoms with Gasteiger partial charge in [0, 0.05) is 25.2 Å². The molecule has 27 heavy (non-hydrogen) atoms. The number of amides is 2. The first-order chi connectivity index (χ1) is 12.8. The third-order valence-corrected chi connectivity index (χ3v) is 3.85. The first kappa shape index (κ1) is 20.6. The zero-order chi connectivity index (χ0) is 19.9. The van der Waals surface area contributed by atoms with E-state index in [1.54, 1.807) is 49.9 Å². The lowest BCUT2D eigenvalue weighted by Gasteiger charge is -2.27. The summed E-state index contributed by atoms with van der Waals surface area (Å²) < 4.78 is 10.5. The van der Waals surface area contributed by atoms with Gasteiger partial charge in [-0.2, -0.15) is 10.3 Å². The predicted molar refractivity (Wildman–Crippen MR) is 101 cm³/mol. The maximum absolute atomic E-state index is 12.6. The lowest BCUT2D eigenvalue weighted by Crippen LogP contribution is -2.41. The fourth-order valence-electron chi connectivity index (χ4n) is 2.59. The maximum Gasteiger partial charge on any atom is 0.434 e. The molecule has 0 radical (unpaired) electrons. The summed E-state index contributed by atoms with van der Waals surface area (Å²) in [6.07, 6.45) is -0.332. The van der Waals surface area contributed by atoms with E-state index in [-0.39, 0.29) is 12.3 Å². The first-order valence-electron chi connectivity index (χ1n) is 8.91. The van der Waals surface area contributed by atoms with Gasteiger partial charge < -0.3 is 14.4 Å². The van der Waals surface area contributed by atoms with Gasteiger partial charge in [0.05, 0.1) is 31.3 Å². The number of aliphatic imine (C=N–C) groups is 1. The van der Waals surface area contributed by atoms with Crippen LogP contribution < -0.4 is 0 Å². The summed E-state index contributed by atoms with van der Waals surface area (Å²) in [5.41, 5.74) is 1.19. The van der Waals surface area contributed by atoms with Crippen LogP contribution in [-0.2, 0) is 20.7 Å². The van der Waals surface area contributed by atoms with Gasteiger partial charge in [-0.05, 0) is 38.5 Å². The van der Waals surface area contributed by atoms with Crippen LogP contribution in [-0.4, -0.2) is 54.5 Å². The highest BCUT2D eigenvalue weighted by atomic mass is 16.6. The number of hydrogen-bond acceptors (Lipinski definition) is 5. The molecule has 1 aliphatic rings. The summed E-state index contributed by atoms with van der Waals surface area (Å²) >= 11 is 0. The second-order valence-electron chi connectivity index (χ2n) is 7.31. The van der Waals surface area contributed by atoms with Crippen LogP contribution in [0.4, 0.5) is 4.79 Å². The third kappa shape index (κ3) is 7.19. The zero-order valence-corrected chi connectivity index (χ0v) is 16.0. The average Bonchev–Trinajstić information content (AvgIpc) is 2.61. The van der Waals surface area contributed by atoms with E-state index in [0.29, 0.717) is 44.0 Å². The van der Waals surface area contributed by atoms with Crippen molar-refractivity contribution in [2.24, 2.45) is 4.99 Å². The second-order valence-corrected chi connectivity index (χ2v) is 7.31. The summed E-state index contributed by atoms with van der Waals surface area (Å²) in [7, 11) is 0. The summed E-state index contributed by atoms with van der Waals surface area (Å²) in [6, 6.07) is 9.05. The van der Waals surface area contributed by atoms with Crippen LogP contribution in [0.1, 0.15) is 38.3 Å². The molecule has 1 heterocycles. The Bertz CT molecular complexity index is 736. The highest BCUT2D eigenvalue weighted by Crippen LogP contribution is 2.12. The van der Waals surface area contributed by atoms with Crippen LogP contribution in [0.25, 0.3) is 0 Å². The molecule has 0 aromatic heterocycles. The van der Waals surface area contributed by atoms with Gasteiger partial charge in [-0.1, -0.05) is 12.1 Å². The van der Waals surface area contributed by atoms with E-state index < -0.39 is 11.7 Å². The van der Waals surface area contributed by atoms with Crippen LogP contribution >= 0.6 is 0 Å². The van der Waals surface area contributed by atoms with Gasteiger partial charge in [0.1, 0.15) is 5.60 Å². The number of carbonyl (C=O) groups is 2. The predicted octanol–water partition coefficient (Wildman–Crippen LogP) is 2.73. The Labute approximate surface area is 159 Å². The quantitative estimate of drug-likeness (QED) is 0.759. The van der Waals surface area contributed by atoms with E-state index in [2.05, 4.69) is 11.1 Å². The Morgan fingerprint density at radius 2 is 1.85 bits per heavy atom. The molecule has 1 aromatic carbocycles. The molecule has 0 aliphatic carbocycles. The number of rotatable bonds is 4. The molecule has 1 aliphatic heterocycles. The lowest BCUT2D eigenvalue weighted by molar-refractivity contribution is -0.133. The van der Waals surface area contributed by atoms with Crippen molar-refractivity contribution < 1.29 is 19.1 Å². The van der Waals surface area contributed by atoms with Crippen LogP contribution in [0.15, 0.2) is 29.3 Å². The van der Waals surface area contributed by atoms with Crippen molar-refractivity contribution in [1.29, 1.82) is 5.26 Å². The molecule has 1 aromatic rings. The molecule has 0 N–H and O–H groups in total. The first-order valence-corrected chi connectivity index (χ1v) is 8.91. The molecule has 144 valence electrons. The Morgan fingerprint density at radius 3 is 2.41 bits per heavy atom. The minimum Gasteiger partial charge on any atom is -0.442 e. The van der Waals surface area contributed by atoms with Gasteiger partial charge in [0.2, 0.25) is 5.91 Å². The van der Waals surface area contributed by atoms with Crippen molar-refractivity contribution in [2.75, 3.05) is 26.3 Å². The average molecular weight is 371 g/mol.